The molecule has 1 saturated heterocycles. The number of ether oxygens (including phenoxy) is 1. The average Bonchev–Trinajstić information content (AvgIpc) is 2.93. The van der Waals surface area contributed by atoms with Crippen molar-refractivity contribution in [3.8, 4) is 11.9 Å². The Balaban J connectivity index is 1.61. The lowest BCUT2D eigenvalue weighted by molar-refractivity contribution is 0.00578. The van der Waals surface area contributed by atoms with Crippen molar-refractivity contribution in [3.05, 3.63) is 46.9 Å². The van der Waals surface area contributed by atoms with Gasteiger partial charge in [-0.15, -0.1) is 0 Å². The molecular weight excluding hydrogens is 365 g/mol. The highest BCUT2D eigenvalue weighted by Crippen LogP contribution is 2.37. The van der Waals surface area contributed by atoms with E-state index in [0.29, 0.717) is 18.1 Å². The van der Waals surface area contributed by atoms with E-state index in [4.69, 9.17) is 24.3 Å². The first-order valence-electron chi connectivity index (χ1n) is 10.2. The van der Waals surface area contributed by atoms with Gasteiger partial charge >= 0.3 is 7.12 Å². The third-order valence-corrected chi connectivity index (χ3v) is 6.14. The molecule has 7 heteroatoms. The maximum absolute atomic E-state index is 8.90. The molecule has 3 heterocycles. The van der Waals surface area contributed by atoms with Gasteiger partial charge in [-0.3, -0.25) is 4.98 Å². The molecule has 0 radical (unpaired) electrons. The van der Waals surface area contributed by atoms with E-state index in [0.717, 1.165) is 42.5 Å². The molecule has 0 N–H and O–H groups in total. The minimum Gasteiger partial charge on any atom is -0.471 e. The zero-order valence-corrected chi connectivity index (χ0v) is 17.5. The quantitative estimate of drug-likeness (QED) is 0.746. The van der Waals surface area contributed by atoms with E-state index >= 15 is 0 Å². The number of fused-ring (bicyclic) bond motifs is 1. The lowest BCUT2D eigenvalue weighted by atomic mass is 9.73. The Morgan fingerprint density at radius 3 is 2.52 bits per heavy atom. The maximum atomic E-state index is 8.90. The topological polar surface area (TPSA) is 77.3 Å². The molecule has 1 aliphatic carbocycles. The summed E-state index contributed by atoms with van der Waals surface area (Å²) in [6, 6.07) is 7.56. The van der Waals surface area contributed by atoms with Crippen molar-refractivity contribution in [1.82, 2.24) is 9.97 Å². The summed E-state index contributed by atoms with van der Waals surface area (Å²) in [6.45, 7) is 8.55. The van der Waals surface area contributed by atoms with Gasteiger partial charge in [-0.05, 0) is 76.5 Å². The fourth-order valence-electron chi connectivity index (χ4n) is 3.69. The molecule has 6 nitrogen and oxygen atoms in total. The van der Waals surface area contributed by atoms with E-state index in [1.54, 1.807) is 18.3 Å². The molecule has 1 fully saturated rings. The highest BCUT2D eigenvalue weighted by atomic mass is 16.7. The molecule has 0 saturated carbocycles. The van der Waals surface area contributed by atoms with E-state index in [-0.39, 0.29) is 0 Å². The van der Waals surface area contributed by atoms with Crippen molar-refractivity contribution < 1.29 is 14.0 Å². The van der Waals surface area contributed by atoms with Crippen LogP contribution in [0.5, 0.6) is 5.88 Å². The summed E-state index contributed by atoms with van der Waals surface area (Å²) in [5.74, 6) is 0.557. The SMILES string of the molecule is CC1(C)OB(c2cc(OCc3ccc(C#N)cn3)nc3c2CCCC3)OC1(C)C. The van der Waals surface area contributed by atoms with Gasteiger partial charge in [0, 0.05) is 18.0 Å². The second-order valence-electron chi connectivity index (χ2n) is 8.71. The van der Waals surface area contributed by atoms with Crippen LogP contribution in [0.25, 0.3) is 0 Å². The summed E-state index contributed by atoms with van der Waals surface area (Å²) in [7, 11) is -0.426. The molecule has 0 aromatic carbocycles. The Labute approximate surface area is 172 Å². The minimum absolute atomic E-state index is 0.292. The van der Waals surface area contributed by atoms with Crippen molar-refractivity contribution >= 4 is 12.6 Å². The third-order valence-electron chi connectivity index (χ3n) is 6.14. The van der Waals surface area contributed by atoms with Gasteiger partial charge in [0.1, 0.15) is 12.7 Å². The van der Waals surface area contributed by atoms with Crippen LogP contribution < -0.4 is 10.2 Å². The van der Waals surface area contributed by atoms with Gasteiger partial charge in [0.15, 0.2) is 0 Å². The summed E-state index contributed by atoms with van der Waals surface area (Å²) >= 11 is 0. The molecule has 1 aliphatic heterocycles. The fourth-order valence-corrected chi connectivity index (χ4v) is 3.69. The zero-order valence-electron chi connectivity index (χ0n) is 17.5. The van der Waals surface area contributed by atoms with Crippen LogP contribution in [0.4, 0.5) is 0 Å². The van der Waals surface area contributed by atoms with E-state index in [1.807, 2.05) is 6.07 Å². The minimum atomic E-state index is -0.426. The van der Waals surface area contributed by atoms with Crippen LogP contribution in [0, 0.1) is 11.3 Å². The van der Waals surface area contributed by atoms with Crippen LogP contribution in [0.15, 0.2) is 24.4 Å². The van der Waals surface area contributed by atoms with Crippen LogP contribution in [-0.2, 0) is 28.8 Å². The number of rotatable bonds is 4. The van der Waals surface area contributed by atoms with Crippen LogP contribution in [-0.4, -0.2) is 28.3 Å². The molecule has 0 atom stereocenters. The number of hydrogen-bond donors (Lipinski definition) is 0. The average molecular weight is 391 g/mol. The first-order valence-corrected chi connectivity index (χ1v) is 10.2. The van der Waals surface area contributed by atoms with Gasteiger partial charge < -0.3 is 14.0 Å². The largest absolute Gasteiger partial charge is 0.495 e. The number of nitrogens with zero attached hydrogens (tertiary/aromatic N) is 3. The molecule has 4 rings (SSSR count). The number of nitriles is 1. The molecule has 2 aromatic heterocycles. The Kier molecular flexibility index (Phi) is 5.10. The van der Waals surface area contributed by atoms with E-state index < -0.39 is 18.3 Å². The van der Waals surface area contributed by atoms with Crippen molar-refractivity contribution in [1.29, 1.82) is 5.26 Å². The Hall–Kier alpha value is -2.43. The zero-order chi connectivity index (χ0) is 20.6. The van der Waals surface area contributed by atoms with E-state index in [9.17, 15) is 0 Å². The lowest BCUT2D eigenvalue weighted by Crippen LogP contribution is -2.41. The van der Waals surface area contributed by atoms with Gasteiger partial charge in [-0.2, -0.15) is 5.26 Å². The van der Waals surface area contributed by atoms with E-state index in [1.165, 1.54) is 5.56 Å². The van der Waals surface area contributed by atoms with Gasteiger partial charge in [0.25, 0.3) is 0 Å². The normalized spacial score (nSPS) is 19.5. The molecule has 0 bridgehead atoms. The summed E-state index contributed by atoms with van der Waals surface area (Å²) in [5, 5.41) is 8.90. The monoisotopic (exact) mass is 391 g/mol. The first kappa shape index (κ1) is 19.9. The van der Waals surface area contributed by atoms with Crippen LogP contribution >= 0.6 is 0 Å². The number of aryl methyl sites for hydroxylation is 1. The lowest BCUT2D eigenvalue weighted by Gasteiger charge is -2.32. The second kappa shape index (κ2) is 7.44. The smallest absolute Gasteiger partial charge is 0.471 e. The molecule has 0 spiro atoms. The molecule has 0 amide bonds. The standard InChI is InChI=1S/C22H26BN3O3/c1-21(2)22(3,4)29-23(28-21)18-11-20(26-19-8-6-5-7-17(18)19)27-14-16-10-9-15(12-24)13-25-16/h9-11,13H,5-8,14H2,1-4H3. The Morgan fingerprint density at radius 1 is 1.14 bits per heavy atom. The summed E-state index contributed by atoms with van der Waals surface area (Å²) in [4.78, 5) is 9.02. The highest BCUT2D eigenvalue weighted by Gasteiger charge is 2.52. The predicted octanol–water partition coefficient (Wildman–Crippen LogP) is 3.11. The van der Waals surface area contributed by atoms with Crippen molar-refractivity contribution in [2.24, 2.45) is 0 Å². The molecular formula is C22H26BN3O3. The van der Waals surface area contributed by atoms with Gasteiger partial charge in [-0.25, -0.2) is 4.98 Å². The van der Waals surface area contributed by atoms with Crippen molar-refractivity contribution in [3.63, 3.8) is 0 Å². The molecule has 0 unspecified atom stereocenters. The highest BCUT2D eigenvalue weighted by molar-refractivity contribution is 6.62. The van der Waals surface area contributed by atoms with Crippen LogP contribution in [0.2, 0.25) is 0 Å². The number of pyridine rings is 2. The molecule has 2 aromatic rings. The molecule has 29 heavy (non-hydrogen) atoms. The van der Waals surface area contributed by atoms with Gasteiger partial charge in [0.05, 0.1) is 22.5 Å². The predicted molar refractivity (Wildman–Crippen MR) is 110 cm³/mol. The summed E-state index contributed by atoms with van der Waals surface area (Å²) < 4.78 is 18.6. The van der Waals surface area contributed by atoms with Crippen LogP contribution in [0.1, 0.15) is 63.1 Å². The van der Waals surface area contributed by atoms with Crippen LogP contribution in [0.3, 0.4) is 0 Å². The molecule has 2 aliphatic rings. The maximum Gasteiger partial charge on any atom is 0.495 e. The summed E-state index contributed by atoms with van der Waals surface area (Å²) in [5.41, 5.74) is 3.83. The van der Waals surface area contributed by atoms with Crippen molar-refractivity contribution in [2.45, 2.75) is 71.2 Å². The summed E-state index contributed by atoms with van der Waals surface area (Å²) in [6.07, 6.45) is 5.75. The van der Waals surface area contributed by atoms with Gasteiger partial charge in [-0.1, -0.05) is 0 Å². The van der Waals surface area contributed by atoms with Crippen molar-refractivity contribution in [2.75, 3.05) is 0 Å². The Bertz CT molecular complexity index is 935. The fraction of sp³-hybridized carbons (Fsp3) is 0.500. The van der Waals surface area contributed by atoms with E-state index in [2.05, 4.69) is 38.7 Å². The number of hydrogen-bond acceptors (Lipinski definition) is 6. The third kappa shape index (κ3) is 3.87. The molecule has 150 valence electrons. The first-order chi connectivity index (χ1) is 13.8. The Morgan fingerprint density at radius 2 is 1.86 bits per heavy atom. The van der Waals surface area contributed by atoms with Gasteiger partial charge in [0.2, 0.25) is 5.88 Å². The number of aromatic nitrogens is 2. The second-order valence-corrected chi connectivity index (χ2v) is 8.71.